The maximum absolute atomic E-state index is 5.94. The van der Waals surface area contributed by atoms with Gasteiger partial charge in [-0.15, -0.1) is 5.10 Å². The van der Waals surface area contributed by atoms with Crippen LogP contribution in [0.2, 0.25) is 0 Å². The van der Waals surface area contributed by atoms with Crippen LogP contribution in [0, 0.1) is 0 Å². The lowest BCUT2D eigenvalue weighted by molar-refractivity contribution is -0.0386. The largest absolute Gasteiger partial charge is 0.376 e. The van der Waals surface area contributed by atoms with Crippen molar-refractivity contribution in [2.24, 2.45) is 0 Å². The van der Waals surface area contributed by atoms with E-state index in [-0.39, 0.29) is 11.6 Å². The fourth-order valence-corrected chi connectivity index (χ4v) is 3.22. The van der Waals surface area contributed by atoms with E-state index >= 15 is 0 Å². The number of likely N-dealkylation sites (N-methyl/N-ethyl adjacent to an activating group) is 1. The highest BCUT2D eigenvalue weighted by molar-refractivity contribution is 5.12. The maximum atomic E-state index is 5.94. The van der Waals surface area contributed by atoms with Crippen molar-refractivity contribution in [1.82, 2.24) is 20.3 Å². The van der Waals surface area contributed by atoms with E-state index in [1.165, 1.54) is 12.8 Å². The van der Waals surface area contributed by atoms with Gasteiger partial charge in [0.2, 0.25) is 0 Å². The summed E-state index contributed by atoms with van der Waals surface area (Å²) in [6, 6.07) is 0.187. The molecule has 108 valence electrons. The van der Waals surface area contributed by atoms with Gasteiger partial charge in [0.1, 0.15) is 0 Å². The molecule has 1 unspecified atom stereocenters. The van der Waals surface area contributed by atoms with E-state index in [1.54, 1.807) is 0 Å². The Morgan fingerprint density at radius 3 is 2.74 bits per heavy atom. The molecule has 0 bridgehead atoms. The lowest BCUT2D eigenvalue weighted by atomic mass is 9.89. The van der Waals surface area contributed by atoms with Crippen molar-refractivity contribution in [2.45, 2.75) is 64.1 Å². The average Bonchev–Trinajstić information content (AvgIpc) is 3.06. The van der Waals surface area contributed by atoms with Crippen LogP contribution in [0.5, 0.6) is 0 Å². The summed E-state index contributed by atoms with van der Waals surface area (Å²) in [6.45, 7) is 6.14. The van der Waals surface area contributed by atoms with Crippen LogP contribution in [-0.4, -0.2) is 34.2 Å². The Morgan fingerprint density at radius 1 is 1.42 bits per heavy atom. The Morgan fingerprint density at radius 2 is 2.16 bits per heavy atom. The second-order valence-electron chi connectivity index (χ2n) is 5.35. The van der Waals surface area contributed by atoms with Gasteiger partial charge in [0, 0.05) is 13.7 Å². The van der Waals surface area contributed by atoms with Gasteiger partial charge < -0.3 is 10.1 Å². The minimum Gasteiger partial charge on any atom is -0.376 e. The van der Waals surface area contributed by atoms with Crippen LogP contribution in [0.25, 0.3) is 0 Å². The molecule has 1 aliphatic rings. The summed E-state index contributed by atoms with van der Waals surface area (Å²) in [5, 5.41) is 11.9. The van der Waals surface area contributed by atoms with Gasteiger partial charge in [0.05, 0.1) is 23.5 Å². The van der Waals surface area contributed by atoms with Crippen LogP contribution in [-0.2, 0) is 11.3 Å². The molecule has 1 aromatic heterocycles. The predicted octanol–water partition coefficient (Wildman–Crippen LogP) is 2.30. The molecular weight excluding hydrogens is 240 g/mol. The highest BCUT2D eigenvalue weighted by Crippen LogP contribution is 2.42. The Labute approximate surface area is 115 Å². The molecule has 1 aromatic rings. The summed E-state index contributed by atoms with van der Waals surface area (Å²) in [5.41, 5.74) is 1.07. The van der Waals surface area contributed by atoms with Crippen LogP contribution in [0.1, 0.15) is 57.7 Å². The number of ether oxygens (including phenoxy) is 1. The lowest BCUT2D eigenvalue weighted by Gasteiger charge is -2.36. The fourth-order valence-electron chi connectivity index (χ4n) is 3.22. The van der Waals surface area contributed by atoms with E-state index in [0.29, 0.717) is 0 Å². The molecule has 5 nitrogen and oxygen atoms in total. The summed E-state index contributed by atoms with van der Waals surface area (Å²) in [5.74, 6) is 0. The molecule has 1 aliphatic carbocycles. The third kappa shape index (κ3) is 2.82. The third-order valence-corrected chi connectivity index (χ3v) is 4.17. The highest BCUT2D eigenvalue weighted by atomic mass is 16.5. The van der Waals surface area contributed by atoms with Crippen molar-refractivity contribution in [3.8, 4) is 0 Å². The van der Waals surface area contributed by atoms with Gasteiger partial charge in [-0.3, -0.25) is 0 Å². The minimum absolute atomic E-state index is 0.0940. The van der Waals surface area contributed by atoms with Crippen LogP contribution in [0.15, 0.2) is 6.20 Å². The Hall–Kier alpha value is -0.940. The Kier molecular flexibility index (Phi) is 4.93. The van der Waals surface area contributed by atoms with Crippen molar-refractivity contribution in [3.63, 3.8) is 0 Å². The van der Waals surface area contributed by atoms with E-state index in [9.17, 15) is 0 Å². The zero-order valence-electron chi connectivity index (χ0n) is 12.4. The number of nitrogens with one attached hydrogen (secondary N) is 1. The molecule has 0 saturated heterocycles. The molecule has 1 atom stereocenters. The van der Waals surface area contributed by atoms with Crippen molar-refractivity contribution in [2.75, 3.05) is 13.7 Å². The molecule has 0 amide bonds. The number of methoxy groups -OCH3 is 1. The number of aryl methyl sites for hydroxylation is 1. The smallest absolute Gasteiger partial charge is 0.0888 e. The first-order chi connectivity index (χ1) is 9.27. The molecule has 19 heavy (non-hydrogen) atoms. The molecule has 1 saturated carbocycles. The lowest BCUT2D eigenvalue weighted by Crippen LogP contribution is -2.44. The SMILES string of the molecule is CCCn1nncc1C(NCC)C1(OC)CCCC1. The summed E-state index contributed by atoms with van der Waals surface area (Å²) in [4.78, 5) is 0. The minimum atomic E-state index is -0.0940. The molecule has 1 heterocycles. The second-order valence-corrected chi connectivity index (χ2v) is 5.35. The zero-order chi connectivity index (χ0) is 13.7. The average molecular weight is 266 g/mol. The van der Waals surface area contributed by atoms with E-state index in [0.717, 1.165) is 38.0 Å². The fraction of sp³-hybridized carbons (Fsp3) is 0.857. The third-order valence-electron chi connectivity index (χ3n) is 4.17. The summed E-state index contributed by atoms with van der Waals surface area (Å²) in [7, 11) is 1.84. The van der Waals surface area contributed by atoms with Crippen molar-refractivity contribution in [3.05, 3.63) is 11.9 Å². The normalized spacial score (nSPS) is 19.7. The number of aromatic nitrogens is 3. The quantitative estimate of drug-likeness (QED) is 0.822. The van der Waals surface area contributed by atoms with Gasteiger partial charge in [-0.05, 0) is 25.8 Å². The topological polar surface area (TPSA) is 52.0 Å². The monoisotopic (exact) mass is 266 g/mol. The number of hydrogen-bond donors (Lipinski definition) is 1. The first kappa shape index (κ1) is 14.5. The van der Waals surface area contributed by atoms with Gasteiger partial charge in [-0.1, -0.05) is 31.9 Å². The van der Waals surface area contributed by atoms with Crippen molar-refractivity contribution < 1.29 is 4.74 Å². The van der Waals surface area contributed by atoms with Crippen LogP contribution in [0.4, 0.5) is 0 Å². The zero-order valence-corrected chi connectivity index (χ0v) is 12.4. The molecule has 1 fully saturated rings. The van der Waals surface area contributed by atoms with E-state index in [2.05, 4.69) is 29.5 Å². The highest BCUT2D eigenvalue weighted by Gasteiger charge is 2.43. The van der Waals surface area contributed by atoms with Crippen molar-refractivity contribution >= 4 is 0 Å². The van der Waals surface area contributed by atoms with Crippen molar-refractivity contribution in [1.29, 1.82) is 0 Å². The maximum Gasteiger partial charge on any atom is 0.0888 e. The summed E-state index contributed by atoms with van der Waals surface area (Å²) in [6.07, 6.45) is 7.66. The Bertz CT molecular complexity index is 385. The molecule has 0 spiro atoms. The number of hydrogen-bond acceptors (Lipinski definition) is 4. The van der Waals surface area contributed by atoms with Gasteiger partial charge in [0.15, 0.2) is 0 Å². The molecular formula is C14H26N4O. The van der Waals surface area contributed by atoms with Gasteiger partial charge in [-0.2, -0.15) is 0 Å². The predicted molar refractivity (Wildman–Crippen MR) is 74.9 cm³/mol. The van der Waals surface area contributed by atoms with E-state index in [4.69, 9.17) is 4.74 Å². The van der Waals surface area contributed by atoms with E-state index < -0.39 is 0 Å². The first-order valence-corrected chi connectivity index (χ1v) is 7.44. The summed E-state index contributed by atoms with van der Waals surface area (Å²) < 4.78 is 7.96. The summed E-state index contributed by atoms with van der Waals surface area (Å²) >= 11 is 0. The van der Waals surface area contributed by atoms with Crippen LogP contribution in [0.3, 0.4) is 0 Å². The molecule has 0 radical (unpaired) electrons. The molecule has 0 aromatic carbocycles. The van der Waals surface area contributed by atoms with Gasteiger partial charge in [0.25, 0.3) is 0 Å². The molecule has 1 N–H and O–H groups in total. The number of rotatable bonds is 7. The van der Waals surface area contributed by atoms with Crippen LogP contribution >= 0.6 is 0 Å². The van der Waals surface area contributed by atoms with E-state index in [1.807, 2.05) is 18.0 Å². The molecule has 0 aliphatic heterocycles. The standard InChI is InChI=1S/C14H26N4O/c1-4-10-18-12(11-16-17-18)13(15-5-2)14(19-3)8-6-7-9-14/h11,13,15H,4-10H2,1-3H3. The Balaban J connectivity index is 2.30. The molecule has 5 heteroatoms. The number of nitrogens with zero attached hydrogens (tertiary/aromatic N) is 3. The second kappa shape index (κ2) is 6.48. The van der Waals surface area contributed by atoms with Gasteiger partial charge >= 0.3 is 0 Å². The van der Waals surface area contributed by atoms with Gasteiger partial charge in [-0.25, -0.2) is 4.68 Å². The van der Waals surface area contributed by atoms with Crippen LogP contribution < -0.4 is 5.32 Å². The first-order valence-electron chi connectivity index (χ1n) is 7.44. The molecule has 2 rings (SSSR count).